The van der Waals surface area contributed by atoms with Crippen LogP contribution in [-0.4, -0.2) is 60.9 Å². The van der Waals surface area contributed by atoms with Gasteiger partial charge in [0.1, 0.15) is 23.4 Å². The second-order valence-corrected chi connectivity index (χ2v) is 9.07. The Hall–Kier alpha value is -3.43. The number of halogens is 2. The van der Waals surface area contributed by atoms with E-state index in [2.05, 4.69) is 15.2 Å². The largest absolute Gasteiger partial charge is 0.367 e. The monoisotopic (exact) mass is 496 g/mol. The number of ether oxygens (including phenoxy) is 1. The Bertz CT molecular complexity index is 1100. The van der Waals surface area contributed by atoms with Crippen LogP contribution in [0.5, 0.6) is 0 Å². The lowest BCUT2D eigenvalue weighted by atomic mass is 9.95. The van der Waals surface area contributed by atoms with Gasteiger partial charge in [0.15, 0.2) is 0 Å². The Balaban J connectivity index is 1.30. The predicted octanol–water partition coefficient (Wildman–Crippen LogP) is 3.63. The minimum atomic E-state index is -0.421. The molecule has 2 aromatic rings. The van der Waals surface area contributed by atoms with Crippen molar-refractivity contribution in [2.75, 3.05) is 33.3 Å². The van der Waals surface area contributed by atoms with E-state index in [0.717, 1.165) is 43.6 Å². The van der Waals surface area contributed by atoms with Crippen molar-refractivity contribution >= 4 is 17.8 Å². The molecule has 36 heavy (non-hydrogen) atoms. The molecule has 0 radical (unpaired) electrons. The van der Waals surface area contributed by atoms with Gasteiger partial charge in [0.05, 0.1) is 6.61 Å². The number of carbonyl (C=O) groups is 2. The van der Waals surface area contributed by atoms with E-state index < -0.39 is 6.10 Å². The maximum atomic E-state index is 13.4. The molecule has 2 heterocycles. The van der Waals surface area contributed by atoms with Crippen molar-refractivity contribution in [1.29, 1.82) is 0 Å². The topological polar surface area (TPSA) is 74.2 Å². The molecule has 0 atom stereocenters. The number of piperidine rings is 1. The molecule has 190 valence electrons. The number of benzene rings is 2. The summed E-state index contributed by atoms with van der Waals surface area (Å²) in [6, 6.07) is 12.3. The first-order valence-corrected chi connectivity index (χ1v) is 12.0. The van der Waals surface area contributed by atoms with Gasteiger partial charge in [0.25, 0.3) is 5.91 Å². The van der Waals surface area contributed by atoms with Crippen molar-refractivity contribution in [3.8, 4) is 0 Å². The molecule has 2 aliphatic rings. The number of nitrogens with zero attached hydrogens (tertiary/aromatic N) is 3. The first-order valence-electron chi connectivity index (χ1n) is 12.0. The van der Waals surface area contributed by atoms with E-state index in [1.54, 1.807) is 36.2 Å². The normalized spacial score (nSPS) is 18.2. The number of likely N-dealkylation sites (tertiary alicyclic amines) is 1. The van der Waals surface area contributed by atoms with Gasteiger partial charge in [0, 0.05) is 20.5 Å². The molecule has 9 heteroatoms. The molecule has 0 bridgehead atoms. The molecular weight excluding hydrogens is 466 g/mol. The molecule has 0 aromatic heterocycles. The van der Waals surface area contributed by atoms with Crippen LogP contribution in [0, 0.1) is 17.6 Å². The number of guanidine groups is 1. The van der Waals surface area contributed by atoms with E-state index >= 15 is 0 Å². The molecule has 1 saturated heterocycles. The van der Waals surface area contributed by atoms with Crippen molar-refractivity contribution in [2.45, 2.75) is 25.9 Å². The van der Waals surface area contributed by atoms with Gasteiger partial charge in [-0.15, -0.1) is 0 Å². The van der Waals surface area contributed by atoms with E-state index in [1.807, 2.05) is 6.08 Å². The highest BCUT2D eigenvalue weighted by Crippen LogP contribution is 2.27. The van der Waals surface area contributed by atoms with Crippen LogP contribution in [0.25, 0.3) is 0 Å². The van der Waals surface area contributed by atoms with Gasteiger partial charge in [-0.25, -0.2) is 8.78 Å². The zero-order valence-corrected chi connectivity index (χ0v) is 20.4. The first-order chi connectivity index (χ1) is 17.3. The quantitative estimate of drug-likeness (QED) is 0.593. The second-order valence-electron chi connectivity index (χ2n) is 9.07. The highest BCUT2D eigenvalue weighted by Gasteiger charge is 2.29. The average Bonchev–Trinajstić information content (AvgIpc) is 3.11. The van der Waals surface area contributed by atoms with Crippen molar-refractivity contribution in [2.24, 2.45) is 10.9 Å². The summed E-state index contributed by atoms with van der Waals surface area (Å²) < 4.78 is 33.1. The number of nitrogens with one attached hydrogen (secondary N) is 1. The number of rotatable bonds is 7. The zero-order chi connectivity index (χ0) is 25.7. The number of amides is 2. The lowest BCUT2D eigenvalue weighted by molar-refractivity contribution is -0.117. The van der Waals surface area contributed by atoms with Crippen molar-refractivity contribution in [3.63, 3.8) is 0 Å². The van der Waals surface area contributed by atoms with Crippen LogP contribution in [-0.2, 0) is 14.3 Å². The minimum absolute atomic E-state index is 0.238. The molecule has 7 nitrogen and oxygen atoms in total. The molecule has 0 spiro atoms. The number of aliphatic imine (C=N–C) groups is 1. The minimum Gasteiger partial charge on any atom is -0.367 e. The Morgan fingerprint density at radius 1 is 1.08 bits per heavy atom. The SMILES string of the molecule is CC(=O)NC1=NC(=O)C(=CC2CCN(CCOC(c3ccc(F)cc3)c3ccc(F)cc3)CC2)N1C. The van der Waals surface area contributed by atoms with Gasteiger partial charge in [-0.3, -0.25) is 14.9 Å². The molecule has 1 N–H and O–H groups in total. The molecule has 2 aliphatic heterocycles. The second kappa shape index (κ2) is 11.5. The number of allylic oxidation sites excluding steroid dienone is 1. The zero-order valence-electron chi connectivity index (χ0n) is 20.4. The molecule has 2 aromatic carbocycles. The molecule has 0 saturated carbocycles. The third kappa shape index (κ3) is 6.41. The van der Waals surface area contributed by atoms with Crippen LogP contribution in [0.2, 0.25) is 0 Å². The Kier molecular flexibility index (Phi) is 8.22. The summed E-state index contributed by atoms with van der Waals surface area (Å²) in [5, 5.41) is 2.57. The fourth-order valence-corrected chi connectivity index (χ4v) is 4.46. The van der Waals surface area contributed by atoms with E-state index in [0.29, 0.717) is 12.3 Å². The molecule has 1 fully saturated rings. The maximum Gasteiger partial charge on any atom is 0.296 e. The molecule has 0 unspecified atom stereocenters. The summed E-state index contributed by atoms with van der Waals surface area (Å²) in [6.07, 6.45) is 3.31. The Morgan fingerprint density at radius 2 is 1.64 bits per heavy atom. The van der Waals surface area contributed by atoms with Gasteiger partial charge in [-0.05, 0) is 67.2 Å². The van der Waals surface area contributed by atoms with Gasteiger partial charge in [-0.2, -0.15) is 4.99 Å². The van der Waals surface area contributed by atoms with Gasteiger partial charge >= 0.3 is 0 Å². The summed E-state index contributed by atoms with van der Waals surface area (Å²) in [7, 11) is 1.72. The van der Waals surface area contributed by atoms with E-state index in [1.165, 1.54) is 31.2 Å². The third-order valence-corrected chi connectivity index (χ3v) is 6.46. The fraction of sp³-hybridized carbons (Fsp3) is 0.370. The highest BCUT2D eigenvalue weighted by atomic mass is 19.1. The van der Waals surface area contributed by atoms with E-state index in [-0.39, 0.29) is 35.3 Å². The van der Waals surface area contributed by atoms with Gasteiger partial charge in [0.2, 0.25) is 11.9 Å². The van der Waals surface area contributed by atoms with Gasteiger partial charge in [-0.1, -0.05) is 30.3 Å². The molecular formula is C27H30F2N4O3. The van der Waals surface area contributed by atoms with Crippen molar-refractivity contribution in [3.05, 3.63) is 83.1 Å². The standard InChI is InChI=1S/C27H30F2N4O3/c1-18(34)30-27-31-26(35)24(32(27)2)17-19-11-13-33(14-12-19)15-16-36-25(20-3-7-22(28)8-4-20)21-5-9-23(29)10-6-21/h3-10,17,19,25H,11-16H2,1-2H3,(H,30,31,34,35). The maximum absolute atomic E-state index is 13.4. The number of hydrogen-bond acceptors (Lipinski definition) is 5. The summed E-state index contributed by atoms with van der Waals surface area (Å²) in [6.45, 7) is 4.26. The summed E-state index contributed by atoms with van der Waals surface area (Å²) in [5.74, 6) is -0.765. The summed E-state index contributed by atoms with van der Waals surface area (Å²) in [4.78, 5) is 31.4. The number of likely N-dealkylation sites (N-methyl/N-ethyl adjacent to an activating group) is 1. The Labute approximate surface area is 209 Å². The van der Waals surface area contributed by atoms with E-state index in [9.17, 15) is 18.4 Å². The number of hydrogen-bond donors (Lipinski definition) is 1. The Morgan fingerprint density at radius 3 is 2.17 bits per heavy atom. The van der Waals surface area contributed by atoms with Crippen LogP contribution < -0.4 is 5.32 Å². The van der Waals surface area contributed by atoms with Gasteiger partial charge < -0.3 is 14.5 Å². The third-order valence-electron chi connectivity index (χ3n) is 6.46. The molecule has 4 rings (SSSR count). The van der Waals surface area contributed by atoms with Crippen LogP contribution in [0.4, 0.5) is 8.78 Å². The van der Waals surface area contributed by atoms with Crippen LogP contribution in [0.1, 0.15) is 37.0 Å². The summed E-state index contributed by atoms with van der Waals surface area (Å²) in [5.41, 5.74) is 2.10. The predicted molar refractivity (Wildman–Crippen MR) is 132 cm³/mol. The first kappa shape index (κ1) is 25.7. The van der Waals surface area contributed by atoms with E-state index in [4.69, 9.17) is 4.74 Å². The molecule has 2 amide bonds. The average molecular weight is 497 g/mol. The fourth-order valence-electron chi connectivity index (χ4n) is 4.46. The van der Waals surface area contributed by atoms with Crippen LogP contribution in [0.3, 0.4) is 0 Å². The van der Waals surface area contributed by atoms with Crippen molar-refractivity contribution < 1.29 is 23.1 Å². The lowest BCUT2D eigenvalue weighted by Crippen LogP contribution is -2.38. The lowest BCUT2D eigenvalue weighted by Gasteiger charge is -2.31. The van der Waals surface area contributed by atoms with Crippen molar-refractivity contribution in [1.82, 2.24) is 15.1 Å². The van der Waals surface area contributed by atoms with Crippen LogP contribution >= 0.6 is 0 Å². The number of carbonyl (C=O) groups excluding carboxylic acids is 2. The summed E-state index contributed by atoms with van der Waals surface area (Å²) >= 11 is 0. The molecule has 0 aliphatic carbocycles. The van der Waals surface area contributed by atoms with Crippen LogP contribution in [0.15, 0.2) is 65.3 Å². The highest BCUT2D eigenvalue weighted by molar-refractivity contribution is 6.13. The smallest absolute Gasteiger partial charge is 0.296 e.